The Morgan fingerprint density at radius 1 is 1.47 bits per heavy atom. The smallest absolute Gasteiger partial charge is 0.125 e. The number of fused-ring (bicyclic) bond motifs is 1. The number of hydrogen-bond acceptors (Lipinski definition) is 4. The highest BCUT2D eigenvalue weighted by Crippen LogP contribution is 2.20. The largest absolute Gasteiger partial charge is 0.292 e. The molecular weight excluding hydrogens is 230 g/mol. The predicted octanol–water partition coefficient (Wildman–Crippen LogP) is 2.40. The fourth-order valence-corrected chi connectivity index (χ4v) is 2.96. The number of nitrogens with zero attached hydrogens (tertiary/aromatic N) is 3. The topological polar surface area (TPSA) is 29.0 Å². The van der Waals surface area contributed by atoms with E-state index in [9.17, 15) is 0 Å². The quantitative estimate of drug-likeness (QED) is 0.813. The third-order valence-electron chi connectivity index (χ3n) is 3.10. The number of aromatic nitrogens is 2. The summed E-state index contributed by atoms with van der Waals surface area (Å²) in [6.07, 6.45) is 3.06. The fourth-order valence-electron chi connectivity index (χ4n) is 2.21. The Bertz CT molecular complexity index is 507. The van der Waals surface area contributed by atoms with E-state index in [1.807, 2.05) is 24.5 Å². The summed E-state index contributed by atoms with van der Waals surface area (Å²) >= 11 is 1.83. The zero-order chi connectivity index (χ0) is 11.7. The molecule has 0 fully saturated rings. The van der Waals surface area contributed by atoms with Gasteiger partial charge in [-0.25, -0.2) is 9.97 Å². The Morgan fingerprint density at radius 2 is 2.41 bits per heavy atom. The Morgan fingerprint density at radius 3 is 3.24 bits per heavy atom. The van der Waals surface area contributed by atoms with Crippen LogP contribution in [0.5, 0.6) is 0 Å². The molecule has 3 nitrogen and oxygen atoms in total. The molecule has 1 aliphatic rings. The van der Waals surface area contributed by atoms with Crippen molar-refractivity contribution in [1.82, 2.24) is 14.9 Å². The second-order valence-electron chi connectivity index (χ2n) is 4.43. The third kappa shape index (κ3) is 2.37. The Labute approximate surface area is 105 Å². The molecular formula is C13H15N3S. The van der Waals surface area contributed by atoms with Crippen molar-refractivity contribution in [3.05, 3.63) is 45.7 Å². The van der Waals surface area contributed by atoms with Crippen LogP contribution in [0.15, 0.2) is 23.7 Å². The molecule has 0 N–H and O–H groups in total. The highest BCUT2D eigenvalue weighted by molar-refractivity contribution is 7.09. The first-order valence-corrected chi connectivity index (χ1v) is 6.75. The summed E-state index contributed by atoms with van der Waals surface area (Å²) in [5, 5.41) is 2.14. The lowest BCUT2D eigenvalue weighted by Crippen LogP contribution is -2.30. The average Bonchev–Trinajstić information content (AvgIpc) is 2.81. The molecule has 0 radical (unpaired) electrons. The molecule has 0 spiro atoms. The van der Waals surface area contributed by atoms with Gasteiger partial charge in [0.25, 0.3) is 0 Å². The van der Waals surface area contributed by atoms with Gasteiger partial charge in [-0.2, -0.15) is 0 Å². The molecule has 2 aromatic rings. The monoisotopic (exact) mass is 245 g/mol. The molecule has 0 aliphatic carbocycles. The number of thiophene rings is 1. The van der Waals surface area contributed by atoms with E-state index in [0.717, 1.165) is 31.9 Å². The van der Waals surface area contributed by atoms with Crippen LogP contribution in [0.4, 0.5) is 0 Å². The van der Waals surface area contributed by atoms with Crippen LogP contribution in [0.1, 0.15) is 22.0 Å². The van der Waals surface area contributed by atoms with E-state index in [1.165, 1.54) is 16.1 Å². The van der Waals surface area contributed by atoms with Crippen LogP contribution in [-0.2, 0) is 19.5 Å². The average molecular weight is 245 g/mol. The van der Waals surface area contributed by atoms with Gasteiger partial charge >= 0.3 is 0 Å². The number of rotatable bonds is 2. The Hall–Kier alpha value is -1.26. The maximum absolute atomic E-state index is 4.54. The summed E-state index contributed by atoms with van der Waals surface area (Å²) < 4.78 is 0. The molecule has 2 aromatic heterocycles. The summed E-state index contributed by atoms with van der Waals surface area (Å²) in [5.74, 6) is 0.877. The first-order valence-electron chi connectivity index (χ1n) is 5.87. The Balaban J connectivity index is 1.76. The standard InChI is InChI=1S/C13H15N3S/c1-10-14-7-11-4-5-16(9-13(11)15-10)8-12-3-2-6-17-12/h2-3,6-7H,4-5,8-9H2,1H3. The van der Waals surface area contributed by atoms with E-state index in [4.69, 9.17) is 0 Å². The minimum absolute atomic E-state index is 0.877. The molecule has 3 heterocycles. The summed E-state index contributed by atoms with van der Waals surface area (Å²) in [5.41, 5.74) is 2.53. The van der Waals surface area contributed by atoms with E-state index in [1.54, 1.807) is 0 Å². The maximum atomic E-state index is 4.54. The van der Waals surface area contributed by atoms with Crippen molar-refractivity contribution in [2.24, 2.45) is 0 Å². The lowest BCUT2D eigenvalue weighted by atomic mass is 10.1. The van der Waals surface area contributed by atoms with Crippen LogP contribution in [0.2, 0.25) is 0 Å². The highest BCUT2D eigenvalue weighted by atomic mass is 32.1. The molecule has 0 atom stereocenters. The van der Waals surface area contributed by atoms with E-state index in [-0.39, 0.29) is 0 Å². The molecule has 0 bridgehead atoms. The van der Waals surface area contributed by atoms with Crippen LogP contribution in [0.25, 0.3) is 0 Å². The van der Waals surface area contributed by atoms with Gasteiger partial charge in [-0.15, -0.1) is 11.3 Å². The van der Waals surface area contributed by atoms with Crippen LogP contribution >= 0.6 is 11.3 Å². The van der Waals surface area contributed by atoms with Gasteiger partial charge in [0.1, 0.15) is 5.82 Å². The molecule has 17 heavy (non-hydrogen) atoms. The summed E-state index contributed by atoms with van der Waals surface area (Å²) in [4.78, 5) is 12.7. The molecule has 0 aromatic carbocycles. The van der Waals surface area contributed by atoms with E-state index in [2.05, 4.69) is 32.4 Å². The summed E-state index contributed by atoms with van der Waals surface area (Å²) in [6, 6.07) is 4.32. The lowest BCUT2D eigenvalue weighted by Gasteiger charge is -2.27. The van der Waals surface area contributed by atoms with Crippen molar-refractivity contribution < 1.29 is 0 Å². The van der Waals surface area contributed by atoms with Crippen molar-refractivity contribution in [1.29, 1.82) is 0 Å². The van der Waals surface area contributed by atoms with E-state index >= 15 is 0 Å². The Kier molecular flexibility index (Phi) is 2.91. The second kappa shape index (κ2) is 4.55. The predicted molar refractivity (Wildman–Crippen MR) is 68.9 cm³/mol. The van der Waals surface area contributed by atoms with Gasteiger partial charge in [-0.1, -0.05) is 6.07 Å². The van der Waals surface area contributed by atoms with Gasteiger partial charge in [0.15, 0.2) is 0 Å². The van der Waals surface area contributed by atoms with Gasteiger partial charge in [0.2, 0.25) is 0 Å². The number of hydrogen-bond donors (Lipinski definition) is 0. The van der Waals surface area contributed by atoms with Crippen LogP contribution in [0, 0.1) is 6.92 Å². The van der Waals surface area contributed by atoms with Crippen LogP contribution < -0.4 is 0 Å². The van der Waals surface area contributed by atoms with E-state index < -0.39 is 0 Å². The summed E-state index contributed by atoms with van der Waals surface area (Å²) in [6.45, 7) is 5.06. The van der Waals surface area contributed by atoms with Crippen molar-refractivity contribution in [3.63, 3.8) is 0 Å². The lowest BCUT2D eigenvalue weighted by molar-refractivity contribution is 0.243. The first-order chi connectivity index (χ1) is 8.31. The molecule has 0 amide bonds. The SMILES string of the molecule is Cc1ncc2c(n1)CN(Cc1cccs1)CC2. The molecule has 0 saturated heterocycles. The molecule has 0 unspecified atom stereocenters. The van der Waals surface area contributed by atoms with Crippen molar-refractivity contribution in [2.75, 3.05) is 6.54 Å². The molecule has 88 valence electrons. The molecule has 0 saturated carbocycles. The van der Waals surface area contributed by atoms with Gasteiger partial charge in [0, 0.05) is 30.7 Å². The minimum atomic E-state index is 0.877. The maximum Gasteiger partial charge on any atom is 0.125 e. The van der Waals surface area contributed by atoms with Crippen molar-refractivity contribution in [2.45, 2.75) is 26.4 Å². The second-order valence-corrected chi connectivity index (χ2v) is 5.46. The molecule has 1 aliphatic heterocycles. The van der Waals surface area contributed by atoms with Crippen molar-refractivity contribution >= 4 is 11.3 Å². The normalized spacial score (nSPS) is 15.8. The zero-order valence-corrected chi connectivity index (χ0v) is 10.7. The van der Waals surface area contributed by atoms with Gasteiger partial charge in [-0.05, 0) is 30.4 Å². The third-order valence-corrected chi connectivity index (χ3v) is 3.97. The molecule has 4 heteroatoms. The fraction of sp³-hybridized carbons (Fsp3) is 0.385. The highest BCUT2D eigenvalue weighted by Gasteiger charge is 2.18. The van der Waals surface area contributed by atoms with E-state index in [0.29, 0.717) is 0 Å². The van der Waals surface area contributed by atoms with Crippen LogP contribution in [-0.4, -0.2) is 21.4 Å². The van der Waals surface area contributed by atoms with Gasteiger partial charge in [0.05, 0.1) is 5.69 Å². The van der Waals surface area contributed by atoms with Crippen LogP contribution in [0.3, 0.4) is 0 Å². The van der Waals surface area contributed by atoms with Gasteiger partial charge in [-0.3, -0.25) is 4.90 Å². The zero-order valence-electron chi connectivity index (χ0n) is 9.89. The number of aryl methyl sites for hydroxylation is 1. The van der Waals surface area contributed by atoms with Gasteiger partial charge < -0.3 is 0 Å². The minimum Gasteiger partial charge on any atom is -0.292 e. The summed E-state index contributed by atoms with van der Waals surface area (Å²) in [7, 11) is 0. The first kappa shape index (κ1) is 10.9. The van der Waals surface area contributed by atoms with Crippen molar-refractivity contribution in [3.8, 4) is 0 Å². The molecule has 3 rings (SSSR count).